The van der Waals surface area contributed by atoms with Crippen LogP contribution in [0.4, 0.5) is 5.82 Å². The van der Waals surface area contributed by atoms with Crippen LogP contribution in [0.2, 0.25) is 0 Å². The highest BCUT2D eigenvalue weighted by molar-refractivity contribution is 5.81. The Balaban J connectivity index is 1.59. The predicted molar refractivity (Wildman–Crippen MR) is 84.8 cm³/mol. The second-order valence-electron chi connectivity index (χ2n) is 7.38. The van der Waals surface area contributed by atoms with Gasteiger partial charge in [-0.1, -0.05) is 13.3 Å². The van der Waals surface area contributed by atoms with Crippen LogP contribution in [0.3, 0.4) is 0 Å². The number of hydrogen-bond acceptors (Lipinski definition) is 7. The number of hydrogen-bond donors (Lipinski definition) is 1. The van der Waals surface area contributed by atoms with Crippen LogP contribution < -0.4 is 5.73 Å². The smallest absolute Gasteiger partial charge is 0.167 e. The lowest BCUT2D eigenvalue weighted by atomic mass is 10.1. The Hall–Kier alpha value is -1.77. The van der Waals surface area contributed by atoms with Gasteiger partial charge in [-0.2, -0.15) is 0 Å². The molecule has 4 heterocycles. The van der Waals surface area contributed by atoms with Crippen molar-refractivity contribution in [1.82, 2.24) is 19.5 Å². The number of nitrogens with two attached hydrogens (primary N) is 1. The Morgan fingerprint density at radius 3 is 2.83 bits per heavy atom. The Labute approximate surface area is 139 Å². The quantitative estimate of drug-likeness (QED) is 0.893. The largest absolute Gasteiger partial charge is 0.382 e. The van der Waals surface area contributed by atoms with Gasteiger partial charge in [0.15, 0.2) is 23.5 Å². The zero-order valence-electron chi connectivity index (χ0n) is 14.0. The van der Waals surface area contributed by atoms with E-state index >= 15 is 0 Å². The van der Waals surface area contributed by atoms with Crippen molar-refractivity contribution in [2.75, 3.05) is 5.73 Å². The first-order valence-corrected chi connectivity index (χ1v) is 8.41. The zero-order chi connectivity index (χ0) is 16.7. The van der Waals surface area contributed by atoms with Crippen molar-refractivity contribution >= 4 is 17.0 Å². The Bertz CT molecular complexity index is 821. The Morgan fingerprint density at radius 2 is 2.08 bits per heavy atom. The molecule has 1 unspecified atom stereocenters. The molecule has 2 N–H and O–H groups in total. The minimum Gasteiger partial charge on any atom is -0.382 e. The topological polar surface area (TPSA) is 97.3 Å². The molecule has 3 aliphatic rings. The number of fused-ring (bicyclic) bond motifs is 3. The third kappa shape index (κ3) is 1.76. The first kappa shape index (κ1) is 14.6. The van der Waals surface area contributed by atoms with Crippen molar-refractivity contribution in [3.05, 3.63) is 12.7 Å². The molecular formula is C16H21N5O3. The van der Waals surface area contributed by atoms with Gasteiger partial charge in [0.1, 0.15) is 29.7 Å². The molecule has 24 heavy (non-hydrogen) atoms. The van der Waals surface area contributed by atoms with Gasteiger partial charge in [0.2, 0.25) is 0 Å². The fourth-order valence-electron chi connectivity index (χ4n) is 4.31. The highest BCUT2D eigenvalue weighted by Gasteiger charge is 2.73. The minimum absolute atomic E-state index is 0.0703. The Kier molecular flexibility index (Phi) is 2.69. The number of nitrogens with zero attached hydrogens (tertiary/aromatic N) is 4. The van der Waals surface area contributed by atoms with E-state index in [1.54, 1.807) is 6.33 Å². The summed E-state index contributed by atoms with van der Waals surface area (Å²) in [6.07, 6.45) is 4.63. The maximum atomic E-state index is 6.49. The maximum Gasteiger partial charge on any atom is 0.167 e. The average molecular weight is 331 g/mol. The summed E-state index contributed by atoms with van der Waals surface area (Å²) in [6.45, 7) is 6.09. The van der Waals surface area contributed by atoms with E-state index in [1.807, 2.05) is 18.4 Å². The molecule has 2 saturated heterocycles. The van der Waals surface area contributed by atoms with Gasteiger partial charge in [0.05, 0.1) is 6.33 Å². The van der Waals surface area contributed by atoms with Crippen LogP contribution in [0.1, 0.15) is 39.8 Å². The van der Waals surface area contributed by atoms with Gasteiger partial charge in [-0.05, 0) is 26.2 Å². The van der Waals surface area contributed by atoms with Gasteiger partial charge in [0.25, 0.3) is 0 Å². The van der Waals surface area contributed by atoms with Gasteiger partial charge in [-0.3, -0.25) is 4.57 Å². The van der Waals surface area contributed by atoms with Crippen LogP contribution in [0.5, 0.6) is 0 Å². The van der Waals surface area contributed by atoms with Gasteiger partial charge in [-0.15, -0.1) is 0 Å². The molecule has 8 nitrogen and oxygen atoms in total. The maximum absolute atomic E-state index is 6.49. The van der Waals surface area contributed by atoms with Crippen molar-refractivity contribution in [2.45, 2.75) is 63.4 Å². The van der Waals surface area contributed by atoms with E-state index in [-0.39, 0.29) is 24.0 Å². The van der Waals surface area contributed by atoms with Crippen molar-refractivity contribution < 1.29 is 14.2 Å². The van der Waals surface area contributed by atoms with E-state index in [9.17, 15) is 0 Å². The number of aromatic nitrogens is 4. The average Bonchev–Trinajstić information content (AvgIpc) is 2.78. The third-order valence-electron chi connectivity index (χ3n) is 5.48. The lowest BCUT2D eigenvalue weighted by Crippen LogP contribution is -2.32. The van der Waals surface area contributed by atoms with Crippen LogP contribution in [-0.2, 0) is 14.2 Å². The Morgan fingerprint density at radius 1 is 1.25 bits per heavy atom. The molecule has 5 atom stereocenters. The van der Waals surface area contributed by atoms with Crippen molar-refractivity contribution in [3.63, 3.8) is 0 Å². The van der Waals surface area contributed by atoms with Crippen LogP contribution in [-0.4, -0.2) is 43.1 Å². The van der Waals surface area contributed by atoms with Gasteiger partial charge >= 0.3 is 0 Å². The van der Waals surface area contributed by atoms with E-state index < -0.39 is 5.79 Å². The van der Waals surface area contributed by atoms with Gasteiger partial charge in [0, 0.05) is 0 Å². The highest BCUT2D eigenvalue weighted by atomic mass is 16.8. The second kappa shape index (κ2) is 4.44. The second-order valence-corrected chi connectivity index (χ2v) is 7.38. The van der Waals surface area contributed by atoms with E-state index in [4.69, 9.17) is 19.9 Å². The summed E-state index contributed by atoms with van der Waals surface area (Å²) in [5, 5.41) is 0. The number of ether oxygens (including phenoxy) is 3. The number of nitrogen functional groups attached to an aromatic ring is 1. The molecule has 0 amide bonds. The normalized spacial score (nSPS) is 39.6. The van der Waals surface area contributed by atoms with E-state index in [1.165, 1.54) is 6.33 Å². The number of imidazole rings is 1. The summed E-state index contributed by atoms with van der Waals surface area (Å²) in [7, 11) is 0. The number of anilines is 1. The molecule has 2 aromatic heterocycles. The molecule has 0 radical (unpaired) electrons. The van der Waals surface area contributed by atoms with Crippen LogP contribution >= 0.6 is 0 Å². The summed E-state index contributed by atoms with van der Waals surface area (Å²) in [6, 6.07) is 0. The summed E-state index contributed by atoms with van der Waals surface area (Å²) < 4.78 is 20.8. The fraction of sp³-hybridized carbons (Fsp3) is 0.688. The van der Waals surface area contributed by atoms with Crippen LogP contribution in [0.15, 0.2) is 12.7 Å². The summed E-state index contributed by atoms with van der Waals surface area (Å²) in [5.74, 6) is 0.252. The minimum atomic E-state index is -0.615. The van der Waals surface area contributed by atoms with E-state index in [2.05, 4.69) is 21.9 Å². The summed E-state index contributed by atoms with van der Waals surface area (Å²) in [5.41, 5.74) is 6.89. The summed E-state index contributed by atoms with van der Waals surface area (Å²) in [4.78, 5) is 12.7. The fourth-order valence-corrected chi connectivity index (χ4v) is 4.31. The van der Waals surface area contributed by atoms with Crippen molar-refractivity contribution in [1.29, 1.82) is 0 Å². The molecule has 1 saturated carbocycles. The van der Waals surface area contributed by atoms with Crippen LogP contribution in [0.25, 0.3) is 11.2 Å². The molecule has 1 spiro atoms. The molecule has 0 aromatic carbocycles. The SMILES string of the molecule is CC[C@H]1C[C@]12O[C@@H](n1cnc3c(N)ncnc31)C1OC(C)(C)O[C@H]12. The summed E-state index contributed by atoms with van der Waals surface area (Å²) >= 11 is 0. The lowest BCUT2D eigenvalue weighted by Gasteiger charge is -2.25. The highest BCUT2D eigenvalue weighted by Crippen LogP contribution is 2.63. The van der Waals surface area contributed by atoms with Crippen molar-refractivity contribution in [3.8, 4) is 0 Å². The molecular weight excluding hydrogens is 310 g/mol. The van der Waals surface area contributed by atoms with E-state index in [0.717, 1.165) is 12.8 Å². The molecule has 128 valence electrons. The molecule has 1 aliphatic carbocycles. The molecule has 2 aromatic rings. The standard InChI is InChI=1S/C16H21N5O3/c1-4-8-5-16(8)11-10(22-15(2,3)23-11)14(24-16)21-7-20-9-12(17)18-6-19-13(9)21/h6-8,10-11,14H,4-5H2,1-3H3,(H2,17,18,19)/t8-,10?,11+,14+,16-/m0/s1. The van der Waals surface area contributed by atoms with Gasteiger partial charge in [-0.25, -0.2) is 15.0 Å². The monoisotopic (exact) mass is 331 g/mol. The molecule has 3 fully saturated rings. The van der Waals surface area contributed by atoms with Crippen molar-refractivity contribution in [2.24, 2.45) is 5.92 Å². The molecule has 5 rings (SSSR count). The number of rotatable bonds is 2. The predicted octanol–water partition coefficient (Wildman–Crippen LogP) is 1.63. The van der Waals surface area contributed by atoms with E-state index in [0.29, 0.717) is 22.9 Å². The molecule has 2 aliphatic heterocycles. The van der Waals surface area contributed by atoms with Gasteiger partial charge < -0.3 is 19.9 Å². The first-order valence-electron chi connectivity index (χ1n) is 8.41. The van der Waals surface area contributed by atoms with Crippen LogP contribution in [0, 0.1) is 5.92 Å². The first-order chi connectivity index (χ1) is 11.5. The zero-order valence-corrected chi connectivity index (χ0v) is 14.0. The molecule has 0 bridgehead atoms. The third-order valence-corrected chi connectivity index (χ3v) is 5.48. The lowest BCUT2D eigenvalue weighted by molar-refractivity contribution is -0.203. The molecule has 8 heteroatoms.